The third-order valence-corrected chi connectivity index (χ3v) is 20.3. The minimum atomic E-state index is -0.649. The van der Waals surface area contributed by atoms with Crippen molar-refractivity contribution in [3.8, 4) is 78.8 Å². The van der Waals surface area contributed by atoms with Gasteiger partial charge >= 0.3 is 80.8 Å². The molecule has 25 aromatic rings. The number of aromatic nitrogens is 11. The maximum absolute atomic E-state index is 13.2. The van der Waals surface area contributed by atoms with Crippen molar-refractivity contribution in [2.24, 2.45) is 0 Å². The van der Waals surface area contributed by atoms with Crippen molar-refractivity contribution in [3.05, 3.63) is 613 Å². The van der Waals surface area contributed by atoms with Crippen molar-refractivity contribution in [1.29, 1.82) is 0 Å². The third-order valence-electron chi connectivity index (χ3n) is 20.3. The zero-order valence-corrected chi connectivity index (χ0v) is 87.2. The SMILES string of the molecule is Fc1c[c-]c(-c2ccccn2)c(F)c1.Fc1c[c-]c(-c2ccccn2)c(F)c1.Fc1c[c-]c(-c2ccccn2)c(F)c1.[Ir+3].[Ir+3].[Pt+2].[Rh+3].[c-]1cccc2ccc3cccnc3c12.[c-]1cccc2ccc3cccnc3c12.[c-]1cccc2ccc3cccnc3c12.[c-]1ccccc1.[c-]1ccccc1-c1ccccn1.[c-]1ccccc1-c1ccccn1.[c-]1ccccc1-c1ccccn1.[c-]1ccccc1-c1ccccn1.c1ccncc1. The summed E-state index contributed by atoms with van der Waals surface area (Å²) in [4.78, 5) is 45.6. The van der Waals surface area contributed by atoms with Gasteiger partial charge in [0.05, 0.1) is 0 Å². The molecule has 11 nitrogen and oxygen atoms in total. The Balaban J connectivity index is 0.000000166. The molecular weight excluding hydrogens is 2480 g/mol. The van der Waals surface area contributed by atoms with Gasteiger partial charge in [-0.05, 0) is 145 Å². The van der Waals surface area contributed by atoms with Crippen LogP contribution in [0.2, 0.25) is 0 Å². The van der Waals surface area contributed by atoms with E-state index < -0.39 is 34.9 Å². The minimum absolute atomic E-state index is 0. The van der Waals surface area contributed by atoms with Crippen LogP contribution in [0.3, 0.4) is 0 Å². The van der Waals surface area contributed by atoms with E-state index >= 15 is 0 Å². The minimum Gasteiger partial charge on any atom is -0.305 e. The Hall–Kier alpha value is -16.5. The number of fused-ring (bicyclic) bond motifs is 9. The van der Waals surface area contributed by atoms with Crippen LogP contribution >= 0.6 is 0 Å². The average molecular weight is 2560 g/mol. The molecule has 0 bridgehead atoms. The second-order valence-corrected chi connectivity index (χ2v) is 30.2. The molecule has 0 amide bonds. The van der Waals surface area contributed by atoms with Crippen LogP contribution in [-0.2, 0) is 80.8 Å². The molecule has 0 N–H and O–H groups in total. The quantitative estimate of drug-likeness (QED) is 0.0651. The average Bonchev–Trinajstić information content (AvgIpc) is 0.800. The smallest absolute Gasteiger partial charge is 0.305 e. The summed E-state index contributed by atoms with van der Waals surface area (Å²) in [5, 5.41) is 10.4. The third kappa shape index (κ3) is 36.1. The standard InChI is InChI=1S/3C13H8N.3C11H6F2N.4C11H8N.C6H5.C5H5N.2Ir.Pt.Rh/c3*1-2-6-12-10(4-1)7-8-11-5-3-9-14-13(11)12;3*12-8-4-5-9(10(13)7-8)11-3-1-2-6-14-11;4*1-2-6-10(7-3-1)11-8-4-5-9-12-11;2*1-2-4-6-5-3-1;;;;/h3*1-5,7-9H;3*1-4,6-7H;4*1-6,8-9H;2*1-5H;;;;/q11*-1;;2*+3;+2;+3. The first-order valence-corrected chi connectivity index (χ1v) is 45.1. The monoisotopic (exact) mass is 2560 g/mol. The molecule has 0 aliphatic carbocycles. The van der Waals surface area contributed by atoms with Crippen LogP contribution in [0.25, 0.3) is 144 Å². The summed E-state index contributed by atoms with van der Waals surface area (Å²) in [6.07, 6.45) is 20.8. The van der Waals surface area contributed by atoms with Crippen LogP contribution in [0.1, 0.15) is 0 Å². The van der Waals surface area contributed by atoms with Gasteiger partial charge in [-0.3, -0.25) is 31.3 Å². The van der Waals surface area contributed by atoms with E-state index in [9.17, 15) is 26.3 Å². The van der Waals surface area contributed by atoms with Gasteiger partial charge in [0.25, 0.3) is 0 Å². The zero-order chi connectivity index (χ0) is 99.4. The largest absolute Gasteiger partial charge is 3.00 e. The Labute approximate surface area is 910 Å². The topological polar surface area (TPSA) is 142 Å². The molecule has 11 heterocycles. The van der Waals surface area contributed by atoms with E-state index in [0.29, 0.717) is 17.1 Å². The normalized spacial score (nSPS) is 9.74. The Morgan fingerprint density at radius 3 is 0.615 bits per heavy atom. The number of halogens is 6. The van der Waals surface area contributed by atoms with E-state index in [1.807, 2.05) is 292 Å². The van der Waals surface area contributed by atoms with Crippen LogP contribution in [0.5, 0.6) is 0 Å². The first-order valence-electron chi connectivity index (χ1n) is 45.1. The number of hydrogen-bond acceptors (Lipinski definition) is 11. The Kier molecular flexibility index (Phi) is 48.7. The van der Waals surface area contributed by atoms with Crippen LogP contribution < -0.4 is 0 Å². The van der Waals surface area contributed by atoms with Crippen molar-refractivity contribution < 1.29 is 107 Å². The van der Waals surface area contributed by atoms with Gasteiger partial charge in [0, 0.05) is 109 Å². The summed E-state index contributed by atoms with van der Waals surface area (Å²) in [6.45, 7) is 0. The predicted octanol–water partition coefficient (Wildman–Crippen LogP) is 30.8. The summed E-state index contributed by atoms with van der Waals surface area (Å²) < 4.78 is 77.4. The molecule has 726 valence electrons. The number of nitrogens with zero attached hydrogens (tertiary/aromatic N) is 11. The molecule has 0 radical (unpaired) electrons. The molecule has 0 saturated heterocycles. The maximum atomic E-state index is 13.2. The summed E-state index contributed by atoms with van der Waals surface area (Å²) in [5.41, 5.74) is 13.0. The molecule has 0 spiro atoms. The Morgan fingerprint density at radius 2 is 0.405 bits per heavy atom. The molecule has 0 atom stereocenters. The maximum Gasteiger partial charge on any atom is 3.00 e. The van der Waals surface area contributed by atoms with Gasteiger partial charge in [-0.15, -0.1) is 285 Å². The number of benzene rings is 14. The number of rotatable bonds is 7. The van der Waals surface area contributed by atoms with Crippen LogP contribution in [-0.4, -0.2) is 54.8 Å². The molecule has 0 aliphatic rings. The van der Waals surface area contributed by atoms with E-state index in [1.54, 1.807) is 110 Å². The molecule has 148 heavy (non-hydrogen) atoms. The summed E-state index contributed by atoms with van der Waals surface area (Å²) in [5.74, 6) is -3.86. The fourth-order valence-electron chi connectivity index (χ4n) is 13.6. The van der Waals surface area contributed by atoms with Gasteiger partial charge in [-0.1, -0.05) is 180 Å². The van der Waals surface area contributed by atoms with Gasteiger partial charge in [0.15, 0.2) is 0 Å². The molecular formula is C127H84F6Ir2N11PtRh. The Morgan fingerprint density at radius 1 is 0.182 bits per heavy atom. The van der Waals surface area contributed by atoms with Gasteiger partial charge in [0.2, 0.25) is 0 Å². The molecule has 0 aliphatic heterocycles. The van der Waals surface area contributed by atoms with E-state index in [2.05, 4.69) is 194 Å². The predicted molar refractivity (Wildman–Crippen MR) is 563 cm³/mol. The van der Waals surface area contributed by atoms with E-state index in [0.717, 1.165) is 114 Å². The first-order chi connectivity index (χ1) is 71.0. The number of hydrogen-bond donors (Lipinski definition) is 0. The fraction of sp³-hybridized carbons (Fsp3) is 0. The van der Waals surface area contributed by atoms with Crippen molar-refractivity contribution in [3.63, 3.8) is 0 Å². The molecule has 0 saturated carbocycles. The summed E-state index contributed by atoms with van der Waals surface area (Å²) >= 11 is 0. The van der Waals surface area contributed by atoms with Crippen molar-refractivity contribution >= 4 is 65.0 Å². The zero-order valence-electron chi connectivity index (χ0n) is 78.5. The Bertz CT molecular complexity index is 6900. The summed E-state index contributed by atoms with van der Waals surface area (Å²) in [7, 11) is 0. The van der Waals surface area contributed by atoms with E-state index in [1.165, 1.54) is 32.3 Å². The van der Waals surface area contributed by atoms with Gasteiger partial charge in [-0.25, -0.2) is 0 Å². The van der Waals surface area contributed by atoms with Crippen molar-refractivity contribution in [1.82, 2.24) is 54.8 Å². The van der Waals surface area contributed by atoms with Crippen LogP contribution in [0.4, 0.5) is 26.3 Å². The second-order valence-electron chi connectivity index (χ2n) is 30.2. The number of pyridine rings is 11. The van der Waals surface area contributed by atoms with Crippen LogP contribution in [0.15, 0.2) is 511 Å². The fourth-order valence-corrected chi connectivity index (χ4v) is 13.6. The molecule has 25 rings (SSSR count). The first kappa shape index (κ1) is 113. The van der Waals surface area contributed by atoms with Gasteiger partial charge in [-0.2, -0.15) is 36.4 Å². The molecule has 0 fully saturated rings. The van der Waals surface area contributed by atoms with Crippen molar-refractivity contribution in [2.45, 2.75) is 0 Å². The summed E-state index contributed by atoms with van der Waals surface area (Å²) in [6, 6.07) is 166. The molecule has 14 aromatic carbocycles. The van der Waals surface area contributed by atoms with Crippen molar-refractivity contribution in [2.75, 3.05) is 0 Å². The molecule has 0 unspecified atom stereocenters. The van der Waals surface area contributed by atoms with Gasteiger partial charge < -0.3 is 49.8 Å². The molecule has 21 heteroatoms. The second kappa shape index (κ2) is 63.6. The van der Waals surface area contributed by atoms with E-state index in [-0.39, 0.29) is 97.4 Å². The van der Waals surface area contributed by atoms with Crippen LogP contribution in [0, 0.1) is 102 Å². The van der Waals surface area contributed by atoms with Gasteiger partial charge in [0.1, 0.15) is 0 Å². The molecule has 11 aromatic heterocycles. The van der Waals surface area contributed by atoms with E-state index in [4.69, 9.17) is 0 Å².